The van der Waals surface area contributed by atoms with Crippen LogP contribution >= 0.6 is 27.5 Å². The van der Waals surface area contributed by atoms with E-state index in [-0.39, 0.29) is 5.54 Å². The van der Waals surface area contributed by atoms with E-state index < -0.39 is 0 Å². The lowest BCUT2D eigenvalue weighted by Crippen LogP contribution is -2.60. The summed E-state index contributed by atoms with van der Waals surface area (Å²) >= 11 is 9.65. The fourth-order valence-corrected chi connectivity index (χ4v) is 4.62. The van der Waals surface area contributed by atoms with Gasteiger partial charge in [0.1, 0.15) is 0 Å². The fourth-order valence-electron chi connectivity index (χ4n) is 4.13. The van der Waals surface area contributed by atoms with E-state index in [0.29, 0.717) is 11.9 Å². The van der Waals surface area contributed by atoms with Crippen molar-refractivity contribution in [2.24, 2.45) is 16.6 Å². The van der Waals surface area contributed by atoms with Crippen molar-refractivity contribution in [1.82, 2.24) is 4.90 Å². The van der Waals surface area contributed by atoms with Crippen molar-refractivity contribution < 1.29 is 0 Å². The molecule has 3 atom stereocenters. The SMILES string of the molecule is NC1=NCC2(CCN3CCC2C3)N1c1ccc(Cl)c(Br)c1. The molecule has 1 aromatic rings. The first-order chi connectivity index (χ1) is 10.1. The van der Waals surface area contributed by atoms with Crippen molar-refractivity contribution in [3.05, 3.63) is 27.7 Å². The Morgan fingerprint density at radius 2 is 2.24 bits per heavy atom. The van der Waals surface area contributed by atoms with Gasteiger partial charge in [0.2, 0.25) is 0 Å². The number of piperidine rings is 1. The molecule has 4 rings (SSSR count). The minimum absolute atomic E-state index is 0.0599. The first-order valence-electron chi connectivity index (χ1n) is 7.38. The number of anilines is 1. The van der Waals surface area contributed by atoms with Gasteiger partial charge >= 0.3 is 0 Å². The van der Waals surface area contributed by atoms with E-state index in [1.807, 2.05) is 12.1 Å². The molecule has 6 heteroatoms. The molecule has 1 spiro atoms. The van der Waals surface area contributed by atoms with Gasteiger partial charge in [-0.2, -0.15) is 0 Å². The first kappa shape index (κ1) is 13.9. The van der Waals surface area contributed by atoms with Crippen LogP contribution in [0.2, 0.25) is 5.02 Å². The van der Waals surface area contributed by atoms with Gasteiger partial charge in [0.25, 0.3) is 0 Å². The molecule has 0 amide bonds. The Kier molecular flexibility index (Phi) is 3.21. The topological polar surface area (TPSA) is 44.9 Å². The molecule has 21 heavy (non-hydrogen) atoms. The molecule has 0 radical (unpaired) electrons. The largest absolute Gasteiger partial charge is 0.369 e. The van der Waals surface area contributed by atoms with Crippen LogP contribution < -0.4 is 10.6 Å². The molecular weight excluding hydrogens is 352 g/mol. The first-order valence-corrected chi connectivity index (χ1v) is 8.55. The minimum Gasteiger partial charge on any atom is -0.369 e. The van der Waals surface area contributed by atoms with Crippen LogP contribution in [0.5, 0.6) is 0 Å². The van der Waals surface area contributed by atoms with Gasteiger partial charge in [0.05, 0.1) is 17.1 Å². The summed E-state index contributed by atoms with van der Waals surface area (Å²) in [5.74, 6) is 1.29. The molecule has 2 N–H and O–H groups in total. The lowest BCUT2D eigenvalue weighted by molar-refractivity contribution is 0.182. The van der Waals surface area contributed by atoms with E-state index in [1.165, 1.54) is 19.5 Å². The number of guanidine groups is 1. The van der Waals surface area contributed by atoms with Gasteiger partial charge < -0.3 is 15.5 Å². The Labute approximate surface area is 138 Å². The molecule has 3 heterocycles. The molecule has 0 saturated carbocycles. The highest BCUT2D eigenvalue weighted by molar-refractivity contribution is 9.10. The van der Waals surface area contributed by atoms with E-state index in [4.69, 9.17) is 17.3 Å². The molecule has 2 bridgehead atoms. The lowest BCUT2D eigenvalue weighted by atomic mass is 9.77. The van der Waals surface area contributed by atoms with Gasteiger partial charge in [-0.05, 0) is 59.4 Å². The van der Waals surface area contributed by atoms with E-state index in [1.54, 1.807) is 0 Å². The second-order valence-electron chi connectivity index (χ2n) is 6.25. The number of halogens is 2. The Hall–Kier alpha value is -0.780. The van der Waals surface area contributed by atoms with Gasteiger partial charge in [-0.3, -0.25) is 4.99 Å². The maximum Gasteiger partial charge on any atom is 0.196 e. The zero-order valence-corrected chi connectivity index (χ0v) is 14.1. The summed E-state index contributed by atoms with van der Waals surface area (Å²) in [7, 11) is 0. The Morgan fingerprint density at radius 3 is 3.05 bits per heavy atom. The van der Waals surface area contributed by atoms with Gasteiger partial charge in [0, 0.05) is 23.2 Å². The second kappa shape index (κ2) is 4.86. The molecule has 0 aromatic heterocycles. The van der Waals surface area contributed by atoms with Crippen LogP contribution in [0.1, 0.15) is 12.8 Å². The van der Waals surface area contributed by atoms with Crippen LogP contribution in [-0.2, 0) is 0 Å². The predicted molar refractivity (Wildman–Crippen MR) is 90.0 cm³/mol. The highest BCUT2D eigenvalue weighted by Gasteiger charge is 2.53. The third-order valence-corrected chi connectivity index (χ3v) is 6.46. The Balaban J connectivity index is 1.77. The Bertz CT molecular complexity index is 620. The number of hydrogen-bond donors (Lipinski definition) is 1. The molecule has 3 aliphatic rings. The molecule has 4 nitrogen and oxygen atoms in total. The molecule has 2 fully saturated rings. The van der Waals surface area contributed by atoms with Gasteiger partial charge in [-0.25, -0.2) is 0 Å². The summed E-state index contributed by atoms with van der Waals surface area (Å²) in [5.41, 5.74) is 7.40. The monoisotopic (exact) mass is 368 g/mol. The Morgan fingerprint density at radius 1 is 1.38 bits per heavy atom. The molecular formula is C15H18BrClN4. The maximum atomic E-state index is 6.25. The smallest absolute Gasteiger partial charge is 0.196 e. The maximum absolute atomic E-state index is 6.25. The highest BCUT2D eigenvalue weighted by Crippen LogP contribution is 2.45. The number of hydrogen-bond acceptors (Lipinski definition) is 4. The molecule has 112 valence electrons. The summed E-state index contributed by atoms with van der Waals surface area (Å²) in [5, 5.41) is 0.721. The van der Waals surface area contributed by atoms with Crippen molar-refractivity contribution in [3.8, 4) is 0 Å². The third-order valence-electron chi connectivity index (χ3n) is 5.24. The number of nitrogens with two attached hydrogens (primary N) is 1. The van der Waals surface area contributed by atoms with Crippen LogP contribution in [0.4, 0.5) is 5.69 Å². The number of aliphatic imine (C=N–C) groups is 1. The van der Waals surface area contributed by atoms with E-state index >= 15 is 0 Å². The normalized spacial score (nSPS) is 34.6. The van der Waals surface area contributed by atoms with Crippen molar-refractivity contribution in [1.29, 1.82) is 0 Å². The number of fused-ring (bicyclic) bond motifs is 3. The number of nitrogens with zero attached hydrogens (tertiary/aromatic N) is 3. The molecule has 0 aliphatic carbocycles. The average Bonchev–Trinajstić information content (AvgIpc) is 3.01. The van der Waals surface area contributed by atoms with Crippen LogP contribution in [0.25, 0.3) is 0 Å². The van der Waals surface area contributed by atoms with Gasteiger partial charge in [-0.1, -0.05) is 11.6 Å². The fraction of sp³-hybridized carbons (Fsp3) is 0.533. The van der Waals surface area contributed by atoms with Crippen LogP contribution in [-0.4, -0.2) is 42.6 Å². The number of benzene rings is 1. The quantitative estimate of drug-likeness (QED) is 0.828. The van der Waals surface area contributed by atoms with Crippen molar-refractivity contribution >= 4 is 39.2 Å². The highest BCUT2D eigenvalue weighted by atomic mass is 79.9. The van der Waals surface area contributed by atoms with E-state index in [2.05, 4.69) is 36.8 Å². The molecule has 3 aliphatic heterocycles. The van der Waals surface area contributed by atoms with Gasteiger partial charge in [-0.15, -0.1) is 0 Å². The zero-order valence-electron chi connectivity index (χ0n) is 11.7. The lowest BCUT2D eigenvalue weighted by Gasteiger charge is -2.46. The van der Waals surface area contributed by atoms with Gasteiger partial charge in [0.15, 0.2) is 5.96 Å². The second-order valence-corrected chi connectivity index (χ2v) is 7.51. The minimum atomic E-state index is 0.0599. The van der Waals surface area contributed by atoms with E-state index in [0.717, 1.165) is 34.7 Å². The summed E-state index contributed by atoms with van der Waals surface area (Å²) < 4.78 is 0.903. The third kappa shape index (κ3) is 2.01. The predicted octanol–water partition coefficient (Wildman–Crippen LogP) is 2.70. The standard InChI is InChI=1S/C15H18BrClN4/c16-12-7-11(1-2-13(12)17)21-14(18)19-9-15(21)4-6-20-5-3-10(15)8-20/h1-2,7,10H,3-6,8-9H2,(H2,18,19). The summed E-state index contributed by atoms with van der Waals surface area (Å²) in [6.45, 7) is 4.35. The van der Waals surface area contributed by atoms with Crippen molar-refractivity contribution in [2.45, 2.75) is 18.4 Å². The van der Waals surface area contributed by atoms with Crippen LogP contribution in [0, 0.1) is 5.92 Å². The average molecular weight is 370 g/mol. The summed E-state index contributed by atoms with van der Waals surface area (Å²) in [4.78, 5) is 9.41. The summed E-state index contributed by atoms with van der Waals surface area (Å²) in [6, 6.07) is 6.02. The molecule has 3 unspecified atom stereocenters. The summed E-state index contributed by atoms with van der Waals surface area (Å²) in [6.07, 6.45) is 2.37. The van der Waals surface area contributed by atoms with E-state index in [9.17, 15) is 0 Å². The molecule has 1 aromatic carbocycles. The van der Waals surface area contributed by atoms with Crippen LogP contribution in [0.15, 0.2) is 27.7 Å². The van der Waals surface area contributed by atoms with Crippen molar-refractivity contribution in [3.63, 3.8) is 0 Å². The number of rotatable bonds is 1. The zero-order chi connectivity index (χ0) is 14.6. The van der Waals surface area contributed by atoms with Crippen molar-refractivity contribution in [2.75, 3.05) is 31.1 Å². The molecule has 2 saturated heterocycles. The van der Waals surface area contributed by atoms with Crippen LogP contribution in [0.3, 0.4) is 0 Å².